The van der Waals surface area contributed by atoms with Crippen LogP contribution >= 0.6 is 0 Å². The molecule has 5 nitrogen and oxygen atoms in total. The van der Waals surface area contributed by atoms with Gasteiger partial charge in [-0.1, -0.05) is 0 Å². The van der Waals surface area contributed by atoms with E-state index in [1.807, 2.05) is 11.8 Å². The number of amides is 2. The summed E-state index contributed by atoms with van der Waals surface area (Å²) in [5.74, 6) is 0.207. The van der Waals surface area contributed by atoms with Crippen LogP contribution in [-0.4, -0.2) is 72.8 Å². The molecule has 0 unspecified atom stereocenters. The summed E-state index contributed by atoms with van der Waals surface area (Å²) in [7, 11) is 4.10. The van der Waals surface area contributed by atoms with Gasteiger partial charge < -0.3 is 14.7 Å². The first-order chi connectivity index (χ1) is 9.52. The molecule has 0 radical (unpaired) electrons. The second-order valence-electron chi connectivity index (χ2n) is 6.28. The summed E-state index contributed by atoms with van der Waals surface area (Å²) < 4.78 is 0. The van der Waals surface area contributed by atoms with E-state index in [1.54, 1.807) is 4.90 Å². The van der Waals surface area contributed by atoms with E-state index in [-0.39, 0.29) is 17.7 Å². The molecule has 0 aliphatic carbocycles. The second kappa shape index (κ2) is 6.57. The Morgan fingerprint density at radius 2 is 2.10 bits per heavy atom. The average molecular weight is 281 g/mol. The SMILES string of the molecule is CCN1C[C@H](C(=O)N2CCCC[C@H]2CN(C)C)CC1=O. The lowest BCUT2D eigenvalue weighted by atomic mass is 9.98. The van der Waals surface area contributed by atoms with Crippen molar-refractivity contribution in [2.24, 2.45) is 5.92 Å². The van der Waals surface area contributed by atoms with Crippen LogP contribution in [0.15, 0.2) is 0 Å². The highest BCUT2D eigenvalue weighted by atomic mass is 16.2. The van der Waals surface area contributed by atoms with Crippen LogP contribution in [0, 0.1) is 5.92 Å². The second-order valence-corrected chi connectivity index (χ2v) is 6.28. The molecular weight excluding hydrogens is 254 g/mol. The number of nitrogens with zero attached hydrogens (tertiary/aromatic N) is 3. The first kappa shape index (κ1) is 15.3. The lowest BCUT2D eigenvalue weighted by Crippen LogP contribution is -2.50. The molecule has 2 saturated heterocycles. The predicted octanol–water partition coefficient (Wildman–Crippen LogP) is 0.797. The fraction of sp³-hybridized carbons (Fsp3) is 0.867. The molecular formula is C15H27N3O2. The molecule has 20 heavy (non-hydrogen) atoms. The number of rotatable bonds is 4. The van der Waals surface area contributed by atoms with Gasteiger partial charge in [0.15, 0.2) is 0 Å². The molecule has 2 aliphatic rings. The number of hydrogen-bond donors (Lipinski definition) is 0. The van der Waals surface area contributed by atoms with Gasteiger partial charge in [-0.25, -0.2) is 0 Å². The monoisotopic (exact) mass is 281 g/mol. The van der Waals surface area contributed by atoms with E-state index in [9.17, 15) is 9.59 Å². The summed E-state index contributed by atoms with van der Waals surface area (Å²) in [4.78, 5) is 30.5. The van der Waals surface area contributed by atoms with Crippen LogP contribution in [0.2, 0.25) is 0 Å². The van der Waals surface area contributed by atoms with Crippen LogP contribution in [0.4, 0.5) is 0 Å². The molecule has 5 heteroatoms. The number of likely N-dealkylation sites (tertiary alicyclic amines) is 2. The van der Waals surface area contributed by atoms with Crippen molar-refractivity contribution in [2.45, 2.75) is 38.6 Å². The summed E-state index contributed by atoms with van der Waals surface area (Å²) >= 11 is 0. The topological polar surface area (TPSA) is 43.9 Å². The van der Waals surface area contributed by atoms with Crippen molar-refractivity contribution >= 4 is 11.8 Å². The maximum absolute atomic E-state index is 12.7. The minimum absolute atomic E-state index is 0.120. The quantitative estimate of drug-likeness (QED) is 0.765. The van der Waals surface area contributed by atoms with Gasteiger partial charge in [0.2, 0.25) is 11.8 Å². The van der Waals surface area contributed by atoms with Crippen LogP contribution in [0.1, 0.15) is 32.6 Å². The first-order valence-corrected chi connectivity index (χ1v) is 7.76. The fourth-order valence-electron chi connectivity index (χ4n) is 3.38. The van der Waals surface area contributed by atoms with Crippen LogP contribution in [0.3, 0.4) is 0 Å². The lowest BCUT2D eigenvalue weighted by Gasteiger charge is -2.38. The molecule has 0 N–H and O–H groups in total. The molecule has 2 atom stereocenters. The summed E-state index contributed by atoms with van der Waals surface area (Å²) in [6, 6.07) is 0.317. The van der Waals surface area contributed by atoms with E-state index < -0.39 is 0 Å². The first-order valence-electron chi connectivity index (χ1n) is 7.76. The highest BCUT2D eigenvalue weighted by Crippen LogP contribution is 2.25. The Bertz CT molecular complexity index is 370. The van der Waals surface area contributed by atoms with Gasteiger partial charge in [0.1, 0.15) is 0 Å². The maximum Gasteiger partial charge on any atom is 0.228 e. The van der Waals surface area contributed by atoms with Crippen molar-refractivity contribution < 1.29 is 9.59 Å². The van der Waals surface area contributed by atoms with Crippen molar-refractivity contribution in [3.05, 3.63) is 0 Å². The van der Waals surface area contributed by atoms with Crippen molar-refractivity contribution in [1.82, 2.24) is 14.7 Å². The van der Waals surface area contributed by atoms with E-state index in [0.717, 1.165) is 25.9 Å². The van der Waals surface area contributed by atoms with E-state index >= 15 is 0 Å². The van der Waals surface area contributed by atoms with Gasteiger partial charge in [-0.2, -0.15) is 0 Å². The summed E-state index contributed by atoms with van der Waals surface area (Å²) in [5, 5.41) is 0. The minimum atomic E-state index is -0.120. The molecule has 0 aromatic carbocycles. The van der Waals surface area contributed by atoms with E-state index in [2.05, 4.69) is 19.0 Å². The maximum atomic E-state index is 12.7. The van der Waals surface area contributed by atoms with Crippen molar-refractivity contribution in [1.29, 1.82) is 0 Å². The molecule has 0 aromatic heterocycles. The molecule has 114 valence electrons. The molecule has 0 spiro atoms. The molecule has 0 saturated carbocycles. The van der Waals surface area contributed by atoms with Gasteiger partial charge in [-0.15, -0.1) is 0 Å². The number of carbonyl (C=O) groups is 2. The van der Waals surface area contributed by atoms with E-state index in [0.29, 0.717) is 25.6 Å². The molecule has 2 heterocycles. The highest BCUT2D eigenvalue weighted by molar-refractivity contribution is 5.89. The van der Waals surface area contributed by atoms with E-state index in [1.165, 1.54) is 6.42 Å². The van der Waals surface area contributed by atoms with Crippen molar-refractivity contribution in [2.75, 3.05) is 40.3 Å². The molecule has 0 bridgehead atoms. The lowest BCUT2D eigenvalue weighted by molar-refractivity contribution is -0.139. The van der Waals surface area contributed by atoms with Crippen molar-refractivity contribution in [3.8, 4) is 0 Å². The number of hydrogen-bond acceptors (Lipinski definition) is 3. The molecule has 0 aromatic rings. The van der Waals surface area contributed by atoms with Crippen LogP contribution in [-0.2, 0) is 9.59 Å². The molecule has 2 rings (SSSR count). The number of likely N-dealkylation sites (N-methyl/N-ethyl adjacent to an activating group) is 1. The Kier molecular flexibility index (Phi) is 5.02. The van der Waals surface area contributed by atoms with Gasteiger partial charge in [-0.05, 0) is 40.3 Å². The van der Waals surface area contributed by atoms with Gasteiger partial charge in [0.25, 0.3) is 0 Å². The third-order valence-corrected chi connectivity index (χ3v) is 4.43. The van der Waals surface area contributed by atoms with Gasteiger partial charge in [0, 0.05) is 38.6 Å². The number of piperidine rings is 1. The zero-order chi connectivity index (χ0) is 14.7. The fourth-order valence-corrected chi connectivity index (χ4v) is 3.38. The smallest absolute Gasteiger partial charge is 0.228 e. The van der Waals surface area contributed by atoms with Gasteiger partial charge in [0.05, 0.1) is 5.92 Å². The summed E-state index contributed by atoms with van der Waals surface area (Å²) in [6.07, 6.45) is 3.78. The van der Waals surface area contributed by atoms with Crippen LogP contribution < -0.4 is 0 Å². The van der Waals surface area contributed by atoms with Gasteiger partial charge in [-0.3, -0.25) is 9.59 Å². The molecule has 2 aliphatic heterocycles. The third-order valence-electron chi connectivity index (χ3n) is 4.43. The third kappa shape index (κ3) is 3.32. The standard InChI is InChI=1S/C15H27N3O2/c1-4-17-10-12(9-14(17)19)15(20)18-8-6-5-7-13(18)11-16(2)3/h12-13H,4-11H2,1-3H3/t12-,13+/m1/s1. The zero-order valence-corrected chi connectivity index (χ0v) is 13.0. The Labute approximate surface area is 121 Å². The van der Waals surface area contributed by atoms with E-state index in [4.69, 9.17) is 0 Å². The van der Waals surface area contributed by atoms with Crippen LogP contribution in [0.25, 0.3) is 0 Å². The van der Waals surface area contributed by atoms with Crippen molar-refractivity contribution in [3.63, 3.8) is 0 Å². The normalized spacial score (nSPS) is 27.5. The largest absolute Gasteiger partial charge is 0.342 e. The Balaban J connectivity index is 2.01. The molecule has 2 amide bonds. The molecule has 2 fully saturated rings. The zero-order valence-electron chi connectivity index (χ0n) is 13.0. The van der Waals surface area contributed by atoms with Crippen LogP contribution in [0.5, 0.6) is 0 Å². The predicted molar refractivity (Wildman–Crippen MR) is 78.3 cm³/mol. The summed E-state index contributed by atoms with van der Waals surface area (Å²) in [5.41, 5.74) is 0. The Morgan fingerprint density at radius 3 is 2.70 bits per heavy atom. The summed E-state index contributed by atoms with van der Waals surface area (Å²) in [6.45, 7) is 5.07. The highest BCUT2D eigenvalue weighted by Gasteiger charge is 2.38. The Hall–Kier alpha value is -1.10. The van der Waals surface area contributed by atoms with Gasteiger partial charge >= 0.3 is 0 Å². The Morgan fingerprint density at radius 1 is 1.35 bits per heavy atom. The average Bonchev–Trinajstić information content (AvgIpc) is 2.79. The minimum Gasteiger partial charge on any atom is -0.342 e. The number of carbonyl (C=O) groups excluding carboxylic acids is 2.